The fourth-order valence-electron chi connectivity index (χ4n) is 3.20. The summed E-state index contributed by atoms with van der Waals surface area (Å²) in [6.07, 6.45) is 3.05. The predicted octanol–water partition coefficient (Wildman–Crippen LogP) is 2.94. The molecule has 2 aromatic carbocycles. The van der Waals surface area contributed by atoms with Crippen molar-refractivity contribution in [1.82, 2.24) is 9.55 Å². The summed E-state index contributed by atoms with van der Waals surface area (Å²) < 4.78 is 12.1. The minimum Gasteiger partial charge on any atom is -0.497 e. The minimum atomic E-state index is -1.75. The Labute approximate surface area is 167 Å². The number of ether oxygens (including phenoxy) is 2. The summed E-state index contributed by atoms with van der Waals surface area (Å²) in [4.78, 5) is 28.0. The van der Waals surface area contributed by atoms with Crippen LogP contribution in [0.1, 0.15) is 11.6 Å². The van der Waals surface area contributed by atoms with Gasteiger partial charge in [-0.3, -0.25) is 9.59 Å². The minimum absolute atomic E-state index is 0.316. The number of hydrogen-bond donors (Lipinski definition) is 2. The van der Waals surface area contributed by atoms with Crippen molar-refractivity contribution in [2.45, 2.75) is 6.04 Å². The van der Waals surface area contributed by atoms with E-state index in [4.69, 9.17) is 9.47 Å². The van der Waals surface area contributed by atoms with Crippen LogP contribution in [0.4, 0.5) is 0 Å². The molecule has 0 aliphatic carbocycles. The largest absolute Gasteiger partial charge is 0.497 e. The van der Waals surface area contributed by atoms with Gasteiger partial charge in [-0.25, -0.2) is 4.98 Å². The molecule has 0 aliphatic rings. The van der Waals surface area contributed by atoms with Crippen molar-refractivity contribution in [2.75, 3.05) is 14.2 Å². The molecule has 3 rings (SSSR count). The molecule has 8 nitrogen and oxygen atoms in total. The van der Waals surface area contributed by atoms with Gasteiger partial charge < -0.3 is 24.3 Å². The van der Waals surface area contributed by atoms with Crippen LogP contribution in [0.25, 0.3) is 11.3 Å². The summed E-state index contributed by atoms with van der Waals surface area (Å²) >= 11 is 0. The van der Waals surface area contributed by atoms with Gasteiger partial charge in [-0.15, -0.1) is 0 Å². The maximum atomic E-state index is 11.8. The lowest BCUT2D eigenvalue weighted by atomic mass is 9.91. The Hall–Kier alpha value is -3.81. The van der Waals surface area contributed by atoms with E-state index in [9.17, 15) is 19.8 Å². The second kappa shape index (κ2) is 8.47. The maximum Gasteiger partial charge on any atom is 0.320 e. The first-order chi connectivity index (χ1) is 14.0. The van der Waals surface area contributed by atoms with Gasteiger partial charge in [-0.1, -0.05) is 30.3 Å². The lowest BCUT2D eigenvalue weighted by molar-refractivity contribution is -0.156. The molecule has 2 N–H and O–H groups in total. The van der Waals surface area contributed by atoms with Gasteiger partial charge in [-0.2, -0.15) is 0 Å². The fourth-order valence-corrected chi connectivity index (χ4v) is 3.20. The fraction of sp³-hybridized carbons (Fsp3) is 0.190. The first-order valence-electron chi connectivity index (χ1n) is 8.72. The molecule has 0 amide bonds. The molecule has 0 spiro atoms. The van der Waals surface area contributed by atoms with Crippen LogP contribution >= 0.6 is 0 Å². The number of aromatic nitrogens is 2. The third-order valence-corrected chi connectivity index (χ3v) is 4.60. The van der Waals surface area contributed by atoms with Gasteiger partial charge in [-0.05, 0) is 12.1 Å². The summed E-state index contributed by atoms with van der Waals surface area (Å²) in [6, 6.07) is 13.0. The van der Waals surface area contributed by atoms with Gasteiger partial charge in [0.2, 0.25) is 0 Å². The van der Waals surface area contributed by atoms with Gasteiger partial charge in [0.05, 0.1) is 32.3 Å². The van der Waals surface area contributed by atoms with E-state index >= 15 is 0 Å². The van der Waals surface area contributed by atoms with Gasteiger partial charge in [0.15, 0.2) is 5.92 Å². The van der Waals surface area contributed by atoms with E-state index in [0.29, 0.717) is 22.8 Å². The van der Waals surface area contributed by atoms with E-state index < -0.39 is 23.9 Å². The molecular formula is C21H20N2O6. The van der Waals surface area contributed by atoms with Crippen molar-refractivity contribution >= 4 is 11.9 Å². The average Bonchev–Trinajstić information content (AvgIpc) is 3.21. The molecule has 1 atom stereocenters. The third kappa shape index (κ3) is 4.06. The molecule has 0 aliphatic heterocycles. The zero-order chi connectivity index (χ0) is 21.0. The van der Waals surface area contributed by atoms with Gasteiger partial charge in [0, 0.05) is 23.4 Å². The molecule has 150 valence electrons. The highest BCUT2D eigenvalue weighted by Crippen LogP contribution is 2.37. The molecule has 0 radical (unpaired) electrons. The molecule has 29 heavy (non-hydrogen) atoms. The van der Waals surface area contributed by atoms with Crippen LogP contribution in [0.5, 0.6) is 11.5 Å². The van der Waals surface area contributed by atoms with Gasteiger partial charge >= 0.3 is 11.9 Å². The number of imidazole rings is 1. The predicted molar refractivity (Wildman–Crippen MR) is 104 cm³/mol. The molecule has 3 aromatic rings. The van der Waals surface area contributed by atoms with Crippen LogP contribution in [0, 0.1) is 5.92 Å². The Morgan fingerprint density at radius 2 is 1.69 bits per heavy atom. The average molecular weight is 396 g/mol. The standard InChI is InChI=1S/C21H20N2O6/c1-28-14-8-9-15(17(10-14)29-2)19(18(20(24)25)21(26)27)23-11-16(22-12-23)13-6-4-3-5-7-13/h3-12,18-19H,1-2H3,(H,24,25)(H,26,27). The molecule has 0 fully saturated rings. The Balaban J connectivity index is 2.16. The highest BCUT2D eigenvalue weighted by molar-refractivity contribution is 5.94. The number of rotatable bonds is 8. The Morgan fingerprint density at radius 3 is 2.28 bits per heavy atom. The quantitative estimate of drug-likeness (QED) is 0.563. The highest BCUT2D eigenvalue weighted by Gasteiger charge is 2.39. The summed E-state index contributed by atoms with van der Waals surface area (Å²) in [7, 11) is 2.92. The number of aliphatic carboxylic acids is 2. The summed E-state index contributed by atoms with van der Waals surface area (Å²) in [5.41, 5.74) is 1.81. The molecule has 0 saturated heterocycles. The smallest absolute Gasteiger partial charge is 0.320 e. The molecule has 1 aromatic heterocycles. The molecular weight excluding hydrogens is 376 g/mol. The monoisotopic (exact) mass is 396 g/mol. The number of methoxy groups -OCH3 is 2. The third-order valence-electron chi connectivity index (χ3n) is 4.60. The SMILES string of the molecule is COc1ccc(C(C(C(=O)O)C(=O)O)n2cnc(-c3ccccc3)c2)c(OC)c1. The number of nitrogens with zero attached hydrogens (tertiary/aromatic N) is 2. The lowest BCUT2D eigenvalue weighted by Gasteiger charge is -2.25. The summed E-state index contributed by atoms with van der Waals surface area (Å²) in [5.74, 6) is -3.86. The van der Waals surface area contributed by atoms with Crippen LogP contribution in [-0.4, -0.2) is 45.9 Å². The molecule has 0 saturated carbocycles. The van der Waals surface area contributed by atoms with Crippen molar-refractivity contribution in [2.24, 2.45) is 5.92 Å². The van der Waals surface area contributed by atoms with Crippen molar-refractivity contribution in [3.63, 3.8) is 0 Å². The number of benzene rings is 2. The maximum absolute atomic E-state index is 11.8. The van der Waals surface area contributed by atoms with E-state index in [2.05, 4.69) is 4.98 Å². The number of carboxylic acid groups (broad SMARTS) is 2. The van der Waals surface area contributed by atoms with Crippen LogP contribution in [0.15, 0.2) is 61.1 Å². The van der Waals surface area contributed by atoms with E-state index in [1.165, 1.54) is 25.1 Å². The van der Waals surface area contributed by atoms with E-state index in [1.807, 2.05) is 30.3 Å². The molecule has 1 unspecified atom stereocenters. The van der Waals surface area contributed by atoms with Crippen LogP contribution in [0.3, 0.4) is 0 Å². The molecule has 0 bridgehead atoms. The lowest BCUT2D eigenvalue weighted by Crippen LogP contribution is -2.33. The van der Waals surface area contributed by atoms with E-state index in [1.54, 1.807) is 24.4 Å². The number of hydrogen-bond acceptors (Lipinski definition) is 5. The highest BCUT2D eigenvalue weighted by atomic mass is 16.5. The zero-order valence-corrected chi connectivity index (χ0v) is 15.9. The first kappa shape index (κ1) is 19.9. The topological polar surface area (TPSA) is 111 Å². The van der Waals surface area contributed by atoms with Crippen molar-refractivity contribution in [3.05, 3.63) is 66.6 Å². The van der Waals surface area contributed by atoms with E-state index in [0.717, 1.165) is 5.56 Å². The Morgan fingerprint density at radius 1 is 1.00 bits per heavy atom. The van der Waals surface area contributed by atoms with Gasteiger partial charge in [0.1, 0.15) is 11.5 Å². The zero-order valence-electron chi connectivity index (χ0n) is 15.9. The second-order valence-corrected chi connectivity index (χ2v) is 6.28. The van der Waals surface area contributed by atoms with E-state index in [-0.39, 0.29) is 0 Å². The Bertz CT molecular complexity index is 1000. The number of carbonyl (C=O) groups is 2. The van der Waals surface area contributed by atoms with Crippen LogP contribution < -0.4 is 9.47 Å². The van der Waals surface area contributed by atoms with Crippen LogP contribution in [0.2, 0.25) is 0 Å². The van der Waals surface area contributed by atoms with Crippen molar-refractivity contribution in [3.8, 4) is 22.8 Å². The normalized spacial score (nSPS) is 11.8. The molecule has 8 heteroatoms. The van der Waals surface area contributed by atoms with Crippen LogP contribution in [-0.2, 0) is 9.59 Å². The van der Waals surface area contributed by atoms with Crippen molar-refractivity contribution < 1.29 is 29.3 Å². The summed E-state index contributed by atoms with van der Waals surface area (Å²) in [5, 5.41) is 19.3. The first-order valence-corrected chi connectivity index (χ1v) is 8.72. The summed E-state index contributed by atoms with van der Waals surface area (Å²) in [6.45, 7) is 0. The second-order valence-electron chi connectivity index (χ2n) is 6.28. The van der Waals surface area contributed by atoms with Gasteiger partial charge in [0.25, 0.3) is 0 Å². The Kier molecular flexibility index (Phi) is 5.82. The molecule has 1 heterocycles. The van der Waals surface area contributed by atoms with Crippen molar-refractivity contribution in [1.29, 1.82) is 0 Å². The number of carboxylic acids is 2.